The third-order valence-electron chi connectivity index (χ3n) is 4.21. The predicted molar refractivity (Wildman–Crippen MR) is 101 cm³/mol. The number of carbonyl (C=O) groups is 3. The number of benzene rings is 2. The van der Waals surface area contributed by atoms with E-state index >= 15 is 0 Å². The molecule has 0 saturated carbocycles. The third-order valence-corrected chi connectivity index (χ3v) is 5.30. The van der Waals surface area contributed by atoms with Gasteiger partial charge in [0.15, 0.2) is 12.4 Å². The van der Waals surface area contributed by atoms with Crippen molar-refractivity contribution in [3.8, 4) is 0 Å². The van der Waals surface area contributed by atoms with E-state index in [2.05, 4.69) is 0 Å². The van der Waals surface area contributed by atoms with Crippen molar-refractivity contribution in [2.24, 2.45) is 0 Å². The van der Waals surface area contributed by atoms with Crippen LogP contribution in [0.1, 0.15) is 22.8 Å². The summed E-state index contributed by atoms with van der Waals surface area (Å²) in [7, 11) is 1.71. The molecule has 0 radical (unpaired) electrons. The van der Waals surface area contributed by atoms with Crippen LogP contribution in [0.3, 0.4) is 0 Å². The number of nitrogens with zero attached hydrogens (tertiary/aromatic N) is 1. The van der Waals surface area contributed by atoms with E-state index in [1.807, 2.05) is 30.3 Å². The first-order chi connectivity index (χ1) is 12.5. The van der Waals surface area contributed by atoms with Crippen LogP contribution in [0.2, 0.25) is 0 Å². The van der Waals surface area contributed by atoms with Crippen molar-refractivity contribution in [1.82, 2.24) is 0 Å². The molecule has 1 atom stereocenters. The summed E-state index contributed by atoms with van der Waals surface area (Å²) in [5.74, 6) is -0.703. The van der Waals surface area contributed by atoms with Crippen LogP contribution in [-0.2, 0) is 20.7 Å². The maximum atomic E-state index is 12.3. The number of thioether (sulfide) groups is 1. The van der Waals surface area contributed by atoms with Gasteiger partial charge in [0.2, 0.25) is 5.91 Å². The molecule has 6 heteroatoms. The minimum Gasteiger partial charge on any atom is -0.456 e. The monoisotopic (exact) mass is 369 g/mol. The van der Waals surface area contributed by atoms with E-state index in [1.54, 1.807) is 37.1 Å². The standard InChI is InChI=1S/C20H19NO4S/c1-13(26-16-6-4-3-5-7-16)20(24)25-12-18(22)14-8-9-17-15(10-14)11-19(23)21(17)2/h3-10,13H,11-12H2,1-2H3/t13-/m0/s1. The lowest BCUT2D eigenvalue weighted by Gasteiger charge is -2.12. The summed E-state index contributed by atoms with van der Waals surface area (Å²) in [6.45, 7) is 1.45. The van der Waals surface area contributed by atoms with Crippen molar-refractivity contribution in [2.45, 2.75) is 23.5 Å². The SMILES string of the molecule is C[C@H](Sc1ccccc1)C(=O)OCC(=O)c1ccc2c(c1)CC(=O)N2C. The van der Waals surface area contributed by atoms with Gasteiger partial charge < -0.3 is 9.64 Å². The molecule has 0 unspecified atom stereocenters. The first-order valence-electron chi connectivity index (χ1n) is 8.26. The quantitative estimate of drug-likeness (QED) is 0.445. The molecule has 26 heavy (non-hydrogen) atoms. The summed E-state index contributed by atoms with van der Waals surface area (Å²) in [6.07, 6.45) is 0.289. The molecular weight excluding hydrogens is 350 g/mol. The Kier molecular flexibility index (Phi) is 5.42. The highest BCUT2D eigenvalue weighted by molar-refractivity contribution is 8.00. The molecule has 0 fully saturated rings. The van der Waals surface area contributed by atoms with Crippen LogP contribution in [0.15, 0.2) is 53.4 Å². The number of esters is 1. The number of likely N-dealkylation sites (N-methyl/N-ethyl adjacent to an activating group) is 1. The number of Topliss-reactive ketones (excluding diaryl/α,β-unsaturated/α-hetero) is 1. The fraction of sp³-hybridized carbons (Fsp3) is 0.250. The van der Waals surface area contributed by atoms with Crippen molar-refractivity contribution in [1.29, 1.82) is 0 Å². The van der Waals surface area contributed by atoms with Crippen LogP contribution >= 0.6 is 11.8 Å². The molecule has 5 nitrogen and oxygen atoms in total. The van der Waals surface area contributed by atoms with Crippen molar-refractivity contribution >= 4 is 35.1 Å². The Bertz CT molecular complexity index is 850. The molecule has 1 aliphatic heterocycles. The van der Waals surface area contributed by atoms with Gasteiger partial charge >= 0.3 is 5.97 Å². The van der Waals surface area contributed by atoms with E-state index in [4.69, 9.17) is 4.74 Å². The lowest BCUT2D eigenvalue weighted by Crippen LogP contribution is -2.21. The molecule has 0 bridgehead atoms. The van der Waals surface area contributed by atoms with Gasteiger partial charge in [-0.2, -0.15) is 0 Å². The van der Waals surface area contributed by atoms with E-state index in [0.29, 0.717) is 5.56 Å². The van der Waals surface area contributed by atoms with Gasteiger partial charge in [0.1, 0.15) is 5.25 Å². The molecular formula is C20H19NO4S. The molecule has 134 valence electrons. The lowest BCUT2D eigenvalue weighted by molar-refractivity contribution is -0.141. The molecule has 1 heterocycles. The predicted octanol–water partition coefficient (Wildman–Crippen LogP) is 3.11. The van der Waals surface area contributed by atoms with Crippen molar-refractivity contribution < 1.29 is 19.1 Å². The number of hydrogen-bond donors (Lipinski definition) is 0. The van der Waals surface area contributed by atoms with E-state index in [0.717, 1.165) is 16.1 Å². The molecule has 0 spiro atoms. The second-order valence-electron chi connectivity index (χ2n) is 6.08. The van der Waals surface area contributed by atoms with Gasteiger partial charge in [-0.1, -0.05) is 18.2 Å². The minimum atomic E-state index is -0.428. The van der Waals surface area contributed by atoms with Crippen LogP contribution in [0.5, 0.6) is 0 Å². The molecule has 2 aromatic rings. The summed E-state index contributed by atoms with van der Waals surface area (Å²) >= 11 is 1.39. The van der Waals surface area contributed by atoms with E-state index in [-0.39, 0.29) is 24.7 Å². The first-order valence-corrected chi connectivity index (χ1v) is 9.14. The zero-order valence-corrected chi connectivity index (χ0v) is 15.4. The Hall–Kier alpha value is -2.60. The average molecular weight is 369 g/mol. The van der Waals surface area contributed by atoms with Crippen molar-refractivity contribution in [3.63, 3.8) is 0 Å². The molecule has 1 amide bonds. The molecule has 0 aliphatic carbocycles. The van der Waals surface area contributed by atoms with E-state index in [1.165, 1.54) is 11.8 Å². The summed E-state index contributed by atoms with van der Waals surface area (Å²) in [6, 6.07) is 14.7. The topological polar surface area (TPSA) is 63.7 Å². The zero-order valence-electron chi connectivity index (χ0n) is 14.6. The number of amides is 1. The maximum Gasteiger partial charge on any atom is 0.319 e. The zero-order chi connectivity index (χ0) is 18.7. The van der Waals surface area contributed by atoms with Gasteiger partial charge in [-0.3, -0.25) is 14.4 Å². The molecule has 0 saturated heterocycles. The average Bonchev–Trinajstić information content (AvgIpc) is 2.93. The van der Waals surface area contributed by atoms with Crippen LogP contribution in [0, 0.1) is 0 Å². The lowest BCUT2D eigenvalue weighted by atomic mass is 10.1. The Morgan fingerprint density at radius 2 is 1.92 bits per heavy atom. The number of carbonyl (C=O) groups excluding carboxylic acids is 3. The maximum absolute atomic E-state index is 12.3. The highest BCUT2D eigenvalue weighted by Crippen LogP contribution is 2.28. The van der Waals surface area contributed by atoms with Gasteiger partial charge in [0.25, 0.3) is 0 Å². The molecule has 3 rings (SSSR count). The van der Waals surface area contributed by atoms with Crippen molar-refractivity contribution in [2.75, 3.05) is 18.6 Å². The molecule has 0 aromatic heterocycles. The number of ketones is 1. The number of fused-ring (bicyclic) bond motifs is 1. The third kappa shape index (κ3) is 3.96. The Morgan fingerprint density at radius 1 is 1.19 bits per heavy atom. The van der Waals surface area contributed by atoms with Gasteiger partial charge in [0, 0.05) is 23.2 Å². The molecule has 0 N–H and O–H groups in total. The Labute approximate surface area is 156 Å². The minimum absolute atomic E-state index is 0.00258. The smallest absolute Gasteiger partial charge is 0.319 e. The fourth-order valence-corrected chi connectivity index (χ4v) is 3.62. The summed E-state index contributed by atoms with van der Waals surface area (Å²) < 4.78 is 5.17. The van der Waals surface area contributed by atoms with Crippen molar-refractivity contribution in [3.05, 3.63) is 59.7 Å². The van der Waals surface area contributed by atoms with E-state index < -0.39 is 11.2 Å². The Balaban J connectivity index is 1.56. The summed E-state index contributed by atoms with van der Waals surface area (Å²) in [4.78, 5) is 38.7. The highest BCUT2D eigenvalue weighted by atomic mass is 32.2. The normalized spacial score (nSPS) is 14.1. The summed E-state index contributed by atoms with van der Waals surface area (Å²) in [5, 5.41) is -0.406. The van der Waals surface area contributed by atoms with Crippen LogP contribution in [-0.4, -0.2) is 36.6 Å². The van der Waals surface area contributed by atoms with Crippen LogP contribution in [0.25, 0.3) is 0 Å². The number of ether oxygens (including phenoxy) is 1. The first kappa shape index (κ1) is 18.2. The number of hydrogen-bond acceptors (Lipinski definition) is 5. The fourth-order valence-electron chi connectivity index (χ4n) is 2.73. The van der Waals surface area contributed by atoms with Gasteiger partial charge in [-0.05, 0) is 42.8 Å². The van der Waals surface area contributed by atoms with Gasteiger partial charge in [0.05, 0.1) is 6.42 Å². The second-order valence-corrected chi connectivity index (χ2v) is 7.49. The number of rotatable bonds is 6. The number of anilines is 1. The summed E-state index contributed by atoms with van der Waals surface area (Å²) in [5.41, 5.74) is 2.09. The second kappa shape index (κ2) is 7.74. The van der Waals surface area contributed by atoms with Gasteiger partial charge in [-0.25, -0.2) is 0 Å². The van der Waals surface area contributed by atoms with Crippen LogP contribution in [0.4, 0.5) is 5.69 Å². The van der Waals surface area contributed by atoms with E-state index in [9.17, 15) is 14.4 Å². The molecule has 2 aromatic carbocycles. The largest absolute Gasteiger partial charge is 0.456 e. The highest BCUT2D eigenvalue weighted by Gasteiger charge is 2.25. The van der Waals surface area contributed by atoms with Crippen LogP contribution < -0.4 is 4.90 Å². The Morgan fingerprint density at radius 3 is 2.65 bits per heavy atom. The molecule has 1 aliphatic rings. The van der Waals surface area contributed by atoms with Gasteiger partial charge in [-0.15, -0.1) is 11.8 Å².